The first kappa shape index (κ1) is 14.6. The molecule has 0 amide bonds. The molecule has 0 N–H and O–H groups in total. The zero-order valence-electron chi connectivity index (χ0n) is 12.6. The summed E-state index contributed by atoms with van der Waals surface area (Å²) in [5.41, 5.74) is 2.47. The number of hydrogen-bond donors (Lipinski definition) is 0. The monoisotopic (exact) mass is 316 g/mol. The highest BCUT2D eigenvalue weighted by Crippen LogP contribution is 2.27. The molecule has 22 heavy (non-hydrogen) atoms. The standard InChI is InChI=1S/C16H16N2O3S/c1-11-8-9-15(12(2)10-11)22(19,20)21-16-13-6-4-5-7-14(13)18(3)17-16/h4-10H,1-3H3. The Hall–Kier alpha value is -2.34. The molecule has 0 aliphatic heterocycles. The highest BCUT2D eigenvalue weighted by molar-refractivity contribution is 7.87. The topological polar surface area (TPSA) is 61.2 Å². The predicted molar refractivity (Wildman–Crippen MR) is 84.4 cm³/mol. The zero-order valence-corrected chi connectivity index (χ0v) is 13.4. The Morgan fingerprint density at radius 2 is 1.82 bits per heavy atom. The molecule has 0 saturated carbocycles. The molecule has 0 saturated heterocycles. The Morgan fingerprint density at radius 1 is 1.09 bits per heavy atom. The molecule has 3 aromatic rings. The van der Waals surface area contributed by atoms with E-state index in [-0.39, 0.29) is 10.8 Å². The van der Waals surface area contributed by atoms with Gasteiger partial charge in [0, 0.05) is 7.05 Å². The lowest BCUT2D eigenvalue weighted by molar-refractivity contribution is 0.473. The molecule has 0 bridgehead atoms. The molecule has 0 radical (unpaired) electrons. The van der Waals surface area contributed by atoms with E-state index in [0.717, 1.165) is 11.1 Å². The lowest BCUT2D eigenvalue weighted by Crippen LogP contribution is -2.12. The van der Waals surface area contributed by atoms with Crippen LogP contribution in [0.25, 0.3) is 10.9 Å². The quantitative estimate of drug-likeness (QED) is 0.697. The summed E-state index contributed by atoms with van der Waals surface area (Å²) >= 11 is 0. The number of hydrogen-bond acceptors (Lipinski definition) is 4. The van der Waals surface area contributed by atoms with Crippen molar-refractivity contribution in [1.29, 1.82) is 0 Å². The largest absolute Gasteiger partial charge is 0.356 e. The van der Waals surface area contributed by atoms with E-state index >= 15 is 0 Å². The second-order valence-corrected chi connectivity index (χ2v) is 6.77. The van der Waals surface area contributed by atoms with E-state index in [2.05, 4.69) is 5.10 Å². The Bertz CT molecular complexity index is 959. The fourth-order valence-corrected chi connectivity index (χ4v) is 3.58. The molecular weight excluding hydrogens is 300 g/mol. The first-order valence-electron chi connectivity index (χ1n) is 6.82. The van der Waals surface area contributed by atoms with Gasteiger partial charge in [0.05, 0.1) is 10.9 Å². The van der Waals surface area contributed by atoms with Crippen LogP contribution >= 0.6 is 0 Å². The minimum absolute atomic E-state index is 0.0954. The molecule has 0 fully saturated rings. The van der Waals surface area contributed by atoms with E-state index in [1.807, 2.05) is 31.2 Å². The number of nitrogens with zero attached hydrogens (tertiary/aromatic N) is 2. The molecule has 2 aromatic carbocycles. The van der Waals surface area contributed by atoms with Crippen LogP contribution in [-0.2, 0) is 17.2 Å². The average molecular weight is 316 g/mol. The summed E-state index contributed by atoms with van der Waals surface area (Å²) in [7, 11) is -2.17. The number of aromatic nitrogens is 2. The van der Waals surface area contributed by atoms with Crippen molar-refractivity contribution in [2.75, 3.05) is 0 Å². The van der Waals surface area contributed by atoms with Crippen molar-refractivity contribution in [3.05, 3.63) is 53.6 Å². The normalized spacial score (nSPS) is 11.8. The van der Waals surface area contributed by atoms with Crippen molar-refractivity contribution in [2.45, 2.75) is 18.7 Å². The van der Waals surface area contributed by atoms with Gasteiger partial charge in [-0.15, -0.1) is 5.10 Å². The van der Waals surface area contributed by atoms with Crippen LogP contribution in [0.1, 0.15) is 11.1 Å². The molecule has 3 rings (SSSR count). The van der Waals surface area contributed by atoms with E-state index in [9.17, 15) is 8.42 Å². The van der Waals surface area contributed by atoms with Crippen LogP contribution in [0.5, 0.6) is 5.88 Å². The number of aryl methyl sites for hydroxylation is 3. The molecular formula is C16H16N2O3S. The van der Waals surface area contributed by atoms with Gasteiger partial charge in [0.15, 0.2) is 0 Å². The third-order valence-electron chi connectivity index (χ3n) is 3.51. The average Bonchev–Trinajstić information content (AvgIpc) is 2.75. The predicted octanol–water partition coefficient (Wildman–Crippen LogP) is 2.96. The van der Waals surface area contributed by atoms with Crippen molar-refractivity contribution in [3.8, 4) is 5.88 Å². The third kappa shape index (κ3) is 2.46. The minimum Gasteiger partial charge on any atom is -0.356 e. The second kappa shape index (κ2) is 5.14. The molecule has 0 aliphatic carbocycles. The van der Waals surface area contributed by atoms with Gasteiger partial charge in [-0.1, -0.05) is 29.8 Å². The van der Waals surface area contributed by atoms with Crippen LogP contribution < -0.4 is 4.18 Å². The highest BCUT2D eigenvalue weighted by atomic mass is 32.2. The maximum absolute atomic E-state index is 12.5. The molecule has 114 valence electrons. The fraction of sp³-hybridized carbons (Fsp3) is 0.188. The van der Waals surface area contributed by atoms with Gasteiger partial charge in [-0.2, -0.15) is 8.42 Å². The summed E-state index contributed by atoms with van der Waals surface area (Å²) in [6, 6.07) is 12.5. The van der Waals surface area contributed by atoms with Crippen molar-refractivity contribution in [2.24, 2.45) is 7.05 Å². The van der Waals surface area contributed by atoms with Crippen LogP contribution in [0.2, 0.25) is 0 Å². The molecule has 0 spiro atoms. The van der Waals surface area contributed by atoms with Gasteiger partial charge >= 0.3 is 10.1 Å². The summed E-state index contributed by atoms with van der Waals surface area (Å²) < 4.78 is 31.9. The molecule has 0 aliphatic rings. The van der Waals surface area contributed by atoms with E-state index in [1.165, 1.54) is 0 Å². The van der Waals surface area contributed by atoms with E-state index in [0.29, 0.717) is 10.9 Å². The van der Waals surface area contributed by atoms with Crippen molar-refractivity contribution >= 4 is 21.0 Å². The summed E-state index contributed by atoms with van der Waals surface area (Å²) in [4.78, 5) is 0.160. The summed E-state index contributed by atoms with van der Waals surface area (Å²) in [6.07, 6.45) is 0. The maximum atomic E-state index is 12.5. The lowest BCUT2D eigenvalue weighted by Gasteiger charge is -2.08. The Labute approximate surface area is 129 Å². The molecule has 6 heteroatoms. The van der Waals surface area contributed by atoms with E-state index < -0.39 is 10.1 Å². The van der Waals surface area contributed by atoms with Gasteiger partial charge in [-0.05, 0) is 37.6 Å². The van der Waals surface area contributed by atoms with Crippen molar-refractivity contribution in [1.82, 2.24) is 9.78 Å². The van der Waals surface area contributed by atoms with Gasteiger partial charge in [0.2, 0.25) is 0 Å². The molecule has 0 atom stereocenters. The minimum atomic E-state index is -3.91. The van der Waals surface area contributed by atoms with Crippen molar-refractivity contribution in [3.63, 3.8) is 0 Å². The van der Waals surface area contributed by atoms with Gasteiger partial charge in [-0.25, -0.2) is 0 Å². The molecule has 1 heterocycles. The lowest BCUT2D eigenvalue weighted by atomic mass is 10.2. The fourth-order valence-electron chi connectivity index (χ4n) is 2.47. The van der Waals surface area contributed by atoms with Gasteiger partial charge in [0.25, 0.3) is 5.88 Å². The Balaban J connectivity index is 2.07. The molecule has 5 nitrogen and oxygen atoms in total. The first-order valence-corrected chi connectivity index (χ1v) is 8.23. The Kier molecular flexibility index (Phi) is 3.41. The van der Waals surface area contributed by atoms with E-state index in [1.54, 1.807) is 36.9 Å². The van der Waals surface area contributed by atoms with Crippen LogP contribution in [0.3, 0.4) is 0 Å². The molecule has 0 unspecified atom stereocenters. The third-order valence-corrected chi connectivity index (χ3v) is 4.89. The van der Waals surface area contributed by atoms with E-state index in [4.69, 9.17) is 4.18 Å². The Morgan fingerprint density at radius 3 is 2.55 bits per heavy atom. The zero-order chi connectivity index (χ0) is 15.9. The number of rotatable bonds is 3. The van der Waals surface area contributed by atoms with Gasteiger partial charge < -0.3 is 4.18 Å². The van der Waals surface area contributed by atoms with Crippen LogP contribution in [0, 0.1) is 13.8 Å². The number of fused-ring (bicyclic) bond motifs is 1. The van der Waals surface area contributed by atoms with Crippen LogP contribution in [0.4, 0.5) is 0 Å². The van der Waals surface area contributed by atoms with Crippen molar-refractivity contribution < 1.29 is 12.6 Å². The summed E-state index contributed by atoms with van der Waals surface area (Å²) in [5.74, 6) is 0.0954. The van der Waals surface area contributed by atoms with Gasteiger partial charge in [-0.3, -0.25) is 4.68 Å². The first-order chi connectivity index (χ1) is 10.4. The maximum Gasteiger partial charge on any atom is 0.341 e. The van der Waals surface area contributed by atoms with Gasteiger partial charge in [0.1, 0.15) is 4.90 Å². The van der Waals surface area contributed by atoms with Crippen LogP contribution in [0.15, 0.2) is 47.4 Å². The summed E-state index contributed by atoms with van der Waals surface area (Å²) in [6.45, 7) is 3.66. The summed E-state index contributed by atoms with van der Waals surface area (Å²) in [5, 5.41) is 4.83. The number of para-hydroxylation sites is 1. The highest BCUT2D eigenvalue weighted by Gasteiger charge is 2.22. The number of benzene rings is 2. The van der Waals surface area contributed by atoms with Crippen LogP contribution in [-0.4, -0.2) is 18.2 Å². The smallest absolute Gasteiger partial charge is 0.341 e. The second-order valence-electron chi connectivity index (χ2n) is 5.25. The molecule has 1 aromatic heterocycles. The SMILES string of the molecule is Cc1ccc(S(=O)(=O)Oc2nn(C)c3ccccc23)c(C)c1.